The van der Waals surface area contributed by atoms with Crippen molar-refractivity contribution in [1.29, 1.82) is 0 Å². The van der Waals surface area contributed by atoms with E-state index < -0.39 is 10.0 Å². The quantitative estimate of drug-likeness (QED) is 0.709. The lowest BCUT2D eigenvalue weighted by Crippen LogP contribution is -2.51. The summed E-state index contributed by atoms with van der Waals surface area (Å²) in [5.41, 5.74) is 0.883. The third kappa shape index (κ3) is 4.29. The Morgan fingerprint density at radius 1 is 1.41 bits per heavy atom. The monoisotopic (exact) mass is 393 g/mol. The summed E-state index contributed by atoms with van der Waals surface area (Å²) in [5.74, 6) is 0.393. The molecular formula is C17H23N5O4S. The molecule has 1 atom stereocenters. The Labute approximate surface area is 158 Å². The Kier molecular flexibility index (Phi) is 5.78. The van der Waals surface area contributed by atoms with Crippen molar-refractivity contribution in [2.75, 3.05) is 33.3 Å². The number of nitrogens with zero attached hydrogens (tertiary/aromatic N) is 3. The molecule has 0 bridgehead atoms. The summed E-state index contributed by atoms with van der Waals surface area (Å²) in [7, 11) is -0.576. The number of sulfonamides is 1. The number of benzene rings is 1. The third-order valence-corrected chi connectivity index (χ3v) is 5.72. The molecule has 1 saturated heterocycles. The van der Waals surface area contributed by atoms with Crippen molar-refractivity contribution in [3.8, 4) is 5.75 Å². The Balaban J connectivity index is 1.74. The molecule has 0 spiro atoms. The Morgan fingerprint density at radius 3 is 2.89 bits per heavy atom. The molecule has 0 aliphatic carbocycles. The van der Waals surface area contributed by atoms with Crippen LogP contribution in [0.15, 0.2) is 41.8 Å². The Bertz CT molecular complexity index is 912. The number of piperazine rings is 1. The standard InChI is InChI=1S/C17H23N5O4S/c1-21-11-16(19-12-21)27(24,25)20-10-17(23)22-8-7-18-9-14(22)13-5-3-4-6-15(13)26-2/h3-6,11-12,14,18,20H,7-10H2,1-2H3. The largest absolute Gasteiger partial charge is 0.496 e. The average Bonchev–Trinajstić information content (AvgIpc) is 3.13. The number of hydrogen-bond donors (Lipinski definition) is 2. The van der Waals surface area contributed by atoms with Gasteiger partial charge in [0.2, 0.25) is 5.91 Å². The van der Waals surface area contributed by atoms with Gasteiger partial charge in [-0.1, -0.05) is 18.2 Å². The second-order valence-electron chi connectivity index (χ2n) is 6.25. The number of para-hydroxylation sites is 1. The van der Waals surface area contributed by atoms with Gasteiger partial charge in [0, 0.05) is 38.4 Å². The van der Waals surface area contributed by atoms with Gasteiger partial charge in [-0.05, 0) is 6.07 Å². The zero-order chi connectivity index (χ0) is 19.4. The van der Waals surface area contributed by atoms with Crippen LogP contribution in [0, 0.1) is 0 Å². The van der Waals surface area contributed by atoms with Gasteiger partial charge >= 0.3 is 0 Å². The van der Waals surface area contributed by atoms with Gasteiger partial charge in [0.1, 0.15) is 5.75 Å². The number of imidazole rings is 1. The van der Waals surface area contributed by atoms with E-state index in [1.165, 1.54) is 17.1 Å². The molecule has 2 aromatic rings. The first-order valence-corrected chi connectivity index (χ1v) is 10.0. The van der Waals surface area contributed by atoms with Crippen LogP contribution in [0.25, 0.3) is 0 Å². The van der Waals surface area contributed by atoms with E-state index in [-0.39, 0.29) is 23.5 Å². The molecule has 0 saturated carbocycles. The number of hydrogen-bond acceptors (Lipinski definition) is 6. The van der Waals surface area contributed by atoms with E-state index in [0.717, 1.165) is 5.56 Å². The summed E-state index contributed by atoms with van der Waals surface area (Å²) in [5, 5.41) is 3.16. The zero-order valence-electron chi connectivity index (χ0n) is 15.3. The topological polar surface area (TPSA) is 106 Å². The summed E-state index contributed by atoms with van der Waals surface area (Å²) < 4.78 is 33.9. The second-order valence-corrected chi connectivity index (χ2v) is 7.96. The zero-order valence-corrected chi connectivity index (χ0v) is 16.1. The molecule has 1 unspecified atom stereocenters. The molecule has 10 heteroatoms. The van der Waals surface area contributed by atoms with Crippen LogP contribution in [0.2, 0.25) is 0 Å². The molecule has 146 valence electrons. The fourth-order valence-electron chi connectivity index (χ4n) is 3.08. The number of ether oxygens (including phenoxy) is 1. The predicted octanol–water partition coefficient (Wildman–Crippen LogP) is -0.120. The maximum atomic E-state index is 12.8. The van der Waals surface area contributed by atoms with E-state index in [1.807, 2.05) is 24.3 Å². The first kappa shape index (κ1) is 19.3. The predicted molar refractivity (Wildman–Crippen MR) is 98.7 cm³/mol. The van der Waals surface area contributed by atoms with Crippen molar-refractivity contribution in [1.82, 2.24) is 24.5 Å². The van der Waals surface area contributed by atoms with Crippen LogP contribution in [0.5, 0.6) is 5.75 Å². The molecule has 1 aliphatic rings. The van der Waals surface area contributed by atoms with Gasteiger partial charge in [0.15, 0.2) is 5.03 Å². The molecule has 3 rings (SSSR count). The maximum Gasteiger partial charge on any atom is 0.260 e. The SMILES string of the molecule is COc1ccccc1C1CNCCN1C(=O)CNS(=O)(=O)c1cn(C)cn1. The highest BCUT2D eigenvalue weighted by atomic mass is 32.2. The first-order valence-electron chi connectivity index (χ1n) is 8.53. The summed E-state index contributed by atoms with van der Waals surface area (Å²) >= 11 is 0. The second kappa shape index (κ2) is 8.07. The summed E-state index contributed by atoms with van der Waals surface area (Å²) in [6.45, 7) is 1.36. The van der Waals surface area contributed by atoms with Gasteiger partial charge in [0.05, 0.1) is 26.0 Å². The van der Waals surface area contributed by atoms with Crippen molar-refractivity contribution in [3.63, 3.8) is 0 Å². The number of aryl methyl sites for hydroxylation is 1. The van der Waals surface area contributed by atoms with E-state index in [0.29, 0.717) is 25.4 Å². The van der Waals surface area contributed by atoms with Crippen LogP contribution in [0.4, 0.5) is 0 Å². The fraction of sp³-hybridized carbons (Fsp3) is 0.412. The lowest BCUT2D eigenvalue weighted by molar-refractivity contribution is -0.133. The minimum atomic E-state index is -3.84. The number of methoxy groups -OCH3 is 1. The van der Waals surface area contributed by atoms with E-state index in [2.05, 4.69) is 15.0 Å². The van der Waals surface area contributed by atoms with Gasteiger partial charge in [-0.15, -0.1) is 0 Å². The van der Waals surface area contributed by atoms with Crippen molar-refractivity contribution < 1.29 is 17.9 Å². The highest BCUT2D eigenvalue weighted by Gasteiger charge is 2.30. The molecule has 1 aromatic carbocycles. The van der Waals surface area contributed by atoms with Crippen LogP contribution in [-0.4, -0.2) is 62.1 Å². The van der Waals surface area contributed by atoms with Gasteiger partial charge in [-0.25, -0.2) is 18.1 Å². The van der Waals surface area contributed by atoms with Crippen molar-refractivity contribution in [2.24, 2.45) is 7.05 Å². The highest BCUT2D eigenvalue weighted by Crippen LogP contribution is 2.30. The van der Waals surface area contributed by atoms with Gasteiger partial charge < -0.3 is 19.5 Å². The fourth-order valence-corrected chi connectivity index (χ4v) is 4.03. The smallest absolute Gasteiger partial charge is 0.260 e. The minimum Gasteiger partial charge on any atom is -0.496 e. The number of nitrogens with one attached hydrogen (secondary N) is 2. The normalized spacial score (nSPS) is 17.7. The van der Waals surface area contributed by atoms with Gasteiger partial charge in [-0.3, -0.25) is 4.79 Å². The lowest BCUT2D eigenvalue weighted by Gasteiger charge is -2.37. The van der Waals surface area contributed by atoms with Crippen molar-refractivity contribution >= 4 is 15.9 Å². The molecule has 9 nitrogen and oxygen atoms in total. The molecular weight excluding hydrogens is 370 g/mol. The van der Waals surface area contributed by atoms with E-state index in [1.54, 1.807) is 19.1 Å². The maximum absolute atomic E-state index is 12.8. The van der Waals surface area contributed by atoms with Gasteiger partial charge in [0.25, 0.3) is 10.0 Å². The summed E-state index contributed by atoms with van der Waals surface area (Å²) in [6.07, 6.45) is 2.78. The molecule has 1 amide bonds. The van der Waals surface area contributed by atoms with E-state index in [4.69, 9.17) is 4.74 Å². The first-order chi connectivity index (χ1) is 12.9. The van der Waals surface area contributed by atoms with Crippen LogP contribution < -0.4 is 14.8 Å². The molecule has 1 aromatic heterocycles. The molecule has 1 fully saturated rings. The lowest BCUT2D eigenvalue weighted by atomic mass is 10.0. The molecule has 0 radical (unpaired) electrons. The van der Waals surface area contributed by atoms with Crippen LogP contribution in [0.1, 0.15) is 11.6 Å². The third-order valence-electron chi connectivity index (χ3n) is 4.43. The van der Waals surface area contributed by atoms with E-state index >= 15 is 0 Å². The number of carbonyl (C=O) groups is 1. The molecule has 27 heavy (non-hydrogen) atoms. The number of carbonyl (C=O) groups excluding carboxylic acids is 1. The molecule has 2 heterocycles. The van der Waals surface area contributed by atoms with Crippen LogP contribution in [-0.2, 0) is 21.9 Å². The highest BCUT2D eigenvalue weighted by molar-refractivity contribution is 7.89. The number of amides is 1. The summed E-state index contributed by atoms with van der Waals surface area (Å²) in [4.78, 5) is 18.3. The van der Waals surface area contributed by atoms with Crippen LogP contribution in [0.3, 0.4) is 0 Å². The van der Waals surface area contributed by atoms with Crippen LogP contribution >= 0.6 is 0 Å². The molecule has 1 aliphatic heterocycles. The Hall–Kier alpha value is -2.43. The van der Waals surface area contributed by atoms with Crippen molar-refractivity contribution in [2.45, 2.75) is 11.1 Å². The number of aromatic nitrogens is 2. The summed E-state index contributed by atoms with van der Waals surface area (Å²) in [6, 6.07) is 7.28. The van der Waals surface area contributed by atoms with E-state index in [9.17, 15) is 13.2 Å². The Morgan fingerprint density at radius 2 is 2.19 bits per heavy atom. The average molecular weight is 393 g/mol. The van der Waals surface area contributed by atoms with Gasteiger partial charge in [-0.2, -0.15) is 0 Å². The molecule has 2 N–H and O–H groups in total. The number of rotatable bonds is 6. The minimum absolute atomic E-state index is 0.112. The van der Waals surface area contributed by atoms with Crippen molar-refractivity contribution in [3.05, 3.63) is 42.4 Å².